The van der Waals surface area contributed by atoms with Crippen molar-refractivity contribution < 1.29 is 18.6 Å². The molecule has 6 nitrogen and oxygen atoms in total. The van der Waals surface area contributed by atoms with Gasteiger partial charge >= 0.3 is 0 Å². The van der Waals surface area contributed by atoms with Crippen LogP contribution in [-0.4, -0.2) is 24.9 Å². The van der Waals surface area contributed by atoms with Crippen LogP contribution in [0.1, 0.15) is 29.0 Å². The number of thiazole rings is 1. The Kier molecular flexibility index (Phi) is 7.07. The molecule has 0 aliphatic carbocycles. The van der Waals surface area contributed by atoms with Crippen LogP contribution in [0.25, 0.3) is 11.3 Å². The Morgan fingerprint density at radius 2 is 1.84 bits per heavy atom. The normalized spacial score (nSPS) is 13.7. The van der Waals surface area contributed by atoms with E-state index < -0.39 is 23.2 Å². The van der Waals surface area contributed by atoms with Gasteiger partial charge in [0.05, 0.1) is 17.2 Å². The number of hydrogen-bond donors (Lipinski definition) is 1. The third-order valence-electron chi connectivity index (χ3n) is 6.27. The highest BCUT2D eigenvalue weighted by Crippen LogP contribution is 2.41. The molecule has 2 aromatic heterocycles. The van der Waals surface area contributed by atoms with Gasteiger partial charge in [-0.1, -0.05) is 43.3 Å². The van der Waals surface area contributed by atoms with E-state index in [0.29, 0.717) is 11.6 Å². The molecule has 1 N–H and O–H groups in total. The van der Waals surface area contributed by atoms with Crippen molar-refractivity contribution in [3.05, 3.63) is 119 Å². The molecule has 0 spiro atoms. The Labute approximate surface area is 216 Å². The van der Waals surface area contributed by atoms with Crippen LogP contribution < -0.4 is 4.74 Å². The van der Waals surface area contributed by atoms with Crippen LogP contribution in [0, 0.1) is 11.6 Å². The molecule has 188 valence electrons. The van der Waals surface area contributed by atoms with Gasteiger partial charge in [0.25, 0.3) is 0 Å². The molecule has 37 heavy (non-hydrogen) atoms. The first-order valence-corrected chi connectivity index (χ1v) is 12.5. The predicted octanol–water partition coefficient (Wildman–Crippen LogP) is 5.95. The molecule has 0 saturated carbocycles. The molecule has 9 heteroatoms. The number of ether oxygens (including phenoxy) is 1. The Morgan fingerprint density at radius 1 is 1.05 bits per heavy atom. The van der Waals surface area contributed by atoms with Crippen LogP contribution in [0.3, 0.4) is 0 Å². The summed E-state index contributed by atoms with van der Waals surface area (Å²) in [6.45, 7) is 2.16. The van der Waals surface area contributed by atoms with E-state index in [-0.39, 0.29) is 12.1 Å². The smallest absolute Gasteiger partial charge is 0.137 e. The van der Waals surface area contributed by atoms with E-state index in [1.165, 1.54) is 34.7 Å². The lowest BCUT2D eigenvalue weighted by atomic mass is 9.82. The number of aromatic nitrogens is 4. The largest absolute Gasteiger partial charge is 0.489 e. The van der Waals surface area contributed by atoms with Crippen molar-refractivity contribution in [1.82, 2.24) is 19.7 Å². The molecule has 0 aliphatic heterocycles. The number of aliphatic hydroxyl groups is 1. The van der Waals surface area contributed by atoms with Gasteiger partial charge in [-0.3, -0.25) is 0 Å². The topological polar surface area (TPSA) is 73.1 Å². The van der Waals surface area contributed by atoms with Gasteiger partial charge < -0.3 is 9.84 Å². The van der Waals surface area contributed by atoms with Crippen LogP contribution >= 0.6 is 11.3 Å². The van der Waals surface area contributed by atoms with E-state index in [2.05, 4.69) is 10.1 Å². The van der Waals surface area contributed by atoms with Crippen LogP contribution in [0.5, 0.6) is 5.75 Å². The van der Waals surface area contributed by atoms with E-state index >= 15 is 0 Å². The standard InChI is InChI=1S/C28H24F2N4O2S/c1-19(28(35,16-34-18-31-17-32-34)24-12-9-22(29)13-25(24)30)27-33-26(15-37-27)21-7-10-23(11-8-21)36-14-20-5-3-2-4-6-20/h2-13,15,17-19,35H,14,16H2,1H3/t19-,28+/m0/s1. The van der Waals surface area contributed by atoms with E-state index in [9.17, 15) is 13.9 Å². The average molecular weight is 519 g/mol. The van der Waals surface area contributed by atoms with Gasteiger partial charge in [-0.2, -0.15) is 5.10 Å². The van der Waals surface area contributed by atoms with Gasteiger partial charge in [0, 0.05) is 28.5 Å². The molecule has 0 amide bonds. The summed E-state index contributed by atoms with van der Waals surface area (Å²) in [7, 11) is 0. The lowest BCUT2D eigenvalue weighted by Crippen LogP contribution is -2.38. The summed E-state index contributed by atoms with van der Waals surface area (Å²) in [5.41, 5.74) is 0.906. The minimum absolute atomic E-state index is 0.0337. The fourth-order valence-corrected chi connectivity index (χ4v) is 5.11. The van der Waals surface area contributed by atoms with Crippen LogP contribution in [0.2, 0.25) is 0 Å². The Bertz CT molecular complexity index is 1460. The summed E-state index contributed by atoms with van der Waals surface area (Å²) in [5.74, 6) is -1.45. The highest BCUT2D eigenvalue weighted by Gasteiger charge is 2.41. The van der Waals surface area contributed by atoms with Crippen LogP contribution in [0.15, 0.2) is 90.8 Å². The summed E-state index contributed by atoms with van der Waals surface area (Å²) >= 11 is 1.36. The SMILES string of the molecule is C[C@@H](c1nc(-c2ccc(OCc3ccccc3)cc2)cs1)[C@](O)(Cn1cncn1)c1ccc(F)cc1F. The number of nitrogens with zero attached hydrogens (tertiary/aromatic N) is 4. The molecule has 5 rings (SSSR count). The molecule has 0 aliphatic rings. The monoisotopic (exact) mass is 518 g/mol. The number of rotatable bonds is 9. The fourth-order valence-electron chi connectivity index (χ4n) is 4.14. The first-order valence-electron chi connectivity index (χ1n) is 11.7. The second-order valence-electron chi connectivity index (χ2n) is 8.73. The van der Waals surface area contributed by atoms with E-state index in [0.717, 1.165) is 34.7 Å². The summed E-state index contributed by atoms with van der Waals surface area (Å²) in [5, 5.41) is 18.4. The summed E-state index contributed by atoms with van der Waals surface area (Å²) < 4.78 is 35.8. The maximum Gasteiger partial charge on any atom is 0.137 e. The molecule has 3 aromatic carbocycles. The molecule has 0 bridgehead atoms. The van der Waals surface area contributed by atoms with Gasteiger partial charge in [0.2, 0.25) is 0 Å². The highest BCUT2D eigenvalue weighted by molar-refractivity contribution is 7.10. The Hall–Kier alpha value is -3.95. The van der Waals surface area contributed by atoms with Gasteiger partial charge in [-0.25, -0.2) is 23.4 Å². The number of benzene rings is 3. The maximum absolute atomic E-state index is 14.9. The van der Waals surface area contributed by atoms with Crippen molar-refractivity contribution in [3.8, 4) is 17.0 Å². The van der Waals surface area contributed by atoms with E-state index in [4.69, 9.17) is 9.72 Å². The van der Waals surface area contributed by atoms with E-state index in [1.54, 1.807) is 6.92 Å². The van der Waals surface area contributed by atoms with Crippen molar-refractivity contribution in [2.45, 2.75) is 31.6 Å². The molecule has 2 atom stereocenters. The zero-order valence-corrected chi connectivity index (χ0v) is 20.8. The fraction of sp³-hybridized carbons (Fsp3) is 0.179. The molecular weight excluding hydrogens is 494 g/mol. The quantitative estimate of drug-likeness (QED) is 0.261. The maximum atomic E-state index is 14.9. The van der Waals surface area contributed by atoms with Gasteiger partial charge in [-0.05, 0) is 35.9 Å². The third kappa shape index (κ3) is 5.42. The van der Waals surface area contributed by atoms with Gasteiger partial charge in [0.15, 0.2) is 0 Å². The minimum Gasteiger partial charge on any atom is -0.489 e. The van der Waals surface area contributed by atoms with Crippen molar-refractivity contribution in [3.63, 3.8) is 0 Å². The zero-order chi connectivity index (χ0) is 25.8. The lowest BCUT2D eigenvalue weighted by Gasteiger charge is -2.33. The van der Waals surface area contributed by atoms with Crippen molar-refractivity contribution in [2.24, 2.45) is 0 Å². The molecule has 5 aromatic rings. The van der Waals surface area contributed by atoms with Crippen molar-refractivity contribution in [1.29, 1.82) is 0 Å². The molecule has 0 radical (unpaired) electrons. The molecule has 2 heterocycles. The molecule has 0 saturated heterocycles. The summed E-state index contributed by atoms with van der Waals surface area (Å²) in [6, 6.07) is 20.7. The van der Waals surface area contributed by atoms with Gasteiger partial charge in [-0.15, -0.1) is 11.3 Å². The Balaban J connectivity index is 1.38. The van der Waals surface area contributed by atoms with Crippen LogP contribution in [-0.2, 0) is 18.8 Å². The van der Waals surface area contributed by atoms with Crippen LogP contribution in [0.4, 0.5) is 8.78 Å². The Morgan fingerprint density at radius 3 is 2.54 bits per heavy atom. The predicted molar refractivity (Wildman–Crippen MR) is 137 cm³/mol. The van der Waals surface area contributed by atoms with E-state index in [1.807, 2.05) is 60.0 Å². The molecular formula is C28H24F2N4O2S. The number of halogens is 2. The first kappa shape index (κ1) is 24.7. The molecule has 0 unspecified atom stereocenters. The third-order valence-corrected chi connectivity index (χ3v) is 7.30. The second-order valence-corrected chi connectivity index (χ2v) is 9.62. The molecule has 0 fully saturated rings. The van der Waals surface area contributed by atoms with Crippen molar-refractivity contribution >= 4 is 11.3 Å². The van der Waals surface area contributed by atoms with Crippen molar-refractivity contribution in [2.75, 3.05) is 0 Å². The minimum atomic E-state index is -1.75. The first-order chi connectivity index (χ1) is 17.9. The second kappa shape index (κ2) is 10.6. The highest BCUT2D eigenvalue weighted by atomic mass is 32.1. The lowest BCUT2D eigenvalue weighted by molar-refractivity contribution is -0.0112. The average Bonchev–Trinajstić information content (AvgIpc) is 3.60. The number of hydrogen-bond acceptors (Lipinski definition) is 6. The summed E-state index contributed by atoms with van der Waals surface area (Å²) in [4.78, 5) is 8.66. The van der Waals surface area contributed by atoms with Gasteiger partial charge in [0.1, 0.15) is 42.2 Å². The summed E-state index contributed by atoms with van der Waals surface area (Å²) in [6.07, 6.45) is 2.77. The zero-order valence-electron chi connectivity index (χ0n) is 20.0.